The molecule has 5 nitrogen and oxygen atoms in total. The Kier molecular flexibility index (Phi) is 4.44. The van der Waals surface area contributed by atoms with Crippen LogP contribution in [0, 0.1) is 13.8 Å². The summed E-state index contributed by atoms with van der Waals surface area (Å²) in [5, 5.41) is 4.07. The van der Waals surface area contributed by atoms with Gasteiger partial charge in [-0.3, -0.25) is 9.59 Å². The molecular weight excluding hydrogens is 338 g/mol. The van der Waals surface area contributed by atoms with E-state index < -0.39 is 6.04 Å². The van der Waals surface area contributed by atoms with Crippen LogP contribution in [-0.4, -0.2) is 27.7 Å². The predicted molar refractivity (Wildman–Crippen MR) is 106 cm³/mol. The molecule has 1 fully saturated rings. The number of aryl methyl sites for hydroxylation is 2. The van der Waals surface area contributed by atoms with E-state index in [4.69, 9.17) is 0 Å². The molecule has 27 heavy (non-hydrogen) atoms. The molecule has 1 atom stereocenters. The van der Waals surface area contributed by atoms with Crippen molar-refractivity contribution in [3.05, 3.63) is 65.4 Å². The Bertz CT molecular complexity index is 1020. The van der Waals surface area contributed by atoms with Crippen LogP contribution < -0.4 is 5.32 Å². The van der Waals surface area contributed by atoms with Gasteiger partial charge in [-0.1, -0.05) is 24.3 Å². The Hall–Kier alpha value is -3.08. The summed E-state index contributed by atoms with van der Waals surface area (Å²) in [7, 11) is 0. The molecule has 2 amide bonds. The van der Waals surface area contributed by atoms with Gasteiger partial charge in [0.1, 0.15) is 6.04 Å². The fourth-order valence-corrected chi connectivity index (χ4v) is 3.70. The lowest BCUT2D eigenvalue weighted by atomic mass is 10.1. The van der Waals surface area contributed by atoms with Crippen molar-refractivity contribution in [2.24, 2.45) is 0 Å². The van der Waals surface area contributed by atoms with Crippen molar-refractivity contribution in [2.45, 2.75) is 39.3 Å². The minimum absolute atomic E-state index is 0.0283. The van der Waals surface area contributed by atoms with Gasteiger partial charge in [0.25, 0.3) is 0 Å². The average Bonchev–Trinajstić information content (AvgIpc) is 3.23. The second-order valence-electron chi connectivity index (χ2n) is 7.22. The lowest BCUT2D eigenvalue weighted by Gasteiger charge is -2.24. The summed E-state index contributed by atoms with van der Waals surface area (Å²) in [6.07, 6.45) is 2.89. The molecule has 4 rings (SSSR count). The minimum Gasteiger partial charge on any atom is -0.361 e. The molecule has 1 aliphatic heterocycles. The number of likely N-dealkylation sites (tertiary alicyclic amines) is 1. The molecule has 0 spiro atoms. The van der Waals surface area contributed by atoms with E-state index in [2.05, 4.69) is 10.3 Å². The van der Waals surface area contributed by atoms with Crippen LogP contribution in [0.15, 0.2) is 48.7 Å². The van der Waals surface area contributed by atoms with Crippen LogP contribution >= 0.6 is 0 Å². The Labute approximate surface area is 158 Å². The van der Waals surface area contributed by atoms with Crippen molar-refractivity contribution >= 4 is 28.4 Å². The summed E-state index contributed by atoms with van der Waals surface area (Å²) in [5.74, 6) is -0.0931. The average molecular weight is 361 g/mol. The number of hydrogen-bond acceptors (Lipinski definition) is 2. The third-order valence-corrected chi connectivity index (χ3v) is 5.42. The largest absolute Gasteiger partial charge is 0.361 e. The molecular formula is C22H23N3O2. The van der Waals surface area contributed by atoms with E-state index in [0.29, 0.717) is 19.4 Å². The number of para-hydroxylation sites is 1. The van der Waals surface area contributed by atoms with Gasteiger partial charge >= 0.3 is 0 Å². The zero-order chi connectivity index (χ0) is 19.0. The van der Waals surface area contributed by atoms with Gasteiger partial charge in [-0.25, -0.2) is 0 Å². The number of hydrogen-bond donors (Lipinski definition) is 2. The molecule has 0 bridgehead atoms. The van der Waals surface area contributed by atoms with E-state index in [1.807, 2.05) is 62.5 Å². The number of carbonyl (C=O) groups excluding carboxylic acids is 2. The molecule has 2 heterocycles. The monoisotopic (exact) mass is 361 g/mol. The van der Waals surface area contributed by atoms with Crippen LogP contribution in [-0.2, 0) is 16.1 Å². The van der Waals surface area contributed by atoms with Crippen molar-refractivity contribution in [1.29, 1.82) is 0 Å². The first-order valence-corrected chi connectivity index (χ1v) is 9.25. The number of carbonyl (C=O) groups is 2. The van der Waals surface area contributed by atoms with Gasteiger partial charge in [0.05, 0.1) is 0 Å². The van der Waals surface area contributed by atoms with Crippen LogP contribution in [0.3, 0.4) is 0 Å². The number of fused-ring (bicyclic) bond motifs is 1. The van der Waals surface area contributed by atoms with Crippen LogP contribution in [0.2, 0.25) is 0 Å². The lowest BCUT2D eigenvalue weighted by molar-refractivity contribution is -0.133. The van der Waals surface area contributed by atoms with E-state index in [-0.39, 0.29) is 11.8 Å². The molecule has 2 N–H and O–H groups in total. The highest BCUT2D eigenvalue weighted by molar-refractivity contribution is 5.99. The predicted octanol–water partition coefficient (Wildman–Crippen LogP) is 3.91. The van der Waals surface area contributed by atoms with Crippen LogP contribution in [0.1, 0.15) is 29.5 Å². The molecule has 0 aliphatic carbocycles. The summed E-state index contributed by atoms with van der Waals surface area (Å²) < 4.78 is 0. The molecule has 2 aromatic carbocycles. The summed E-state index contributed by atoms with van der Waals surface area (Å²) in [6.45, 7) is 4.50. The van der Waals surface area contributed by atoms with Gasteiger partial charge in [-0.2, -0.15) is 0 Å². The van der Waals surface area contributed by atoms with Crippen molar-refractivity contribution in [3.63, 3.8) is 0 Å². The maximum Gasteiger partial charge on any atom is 0.247 e. The Morgan fingerprint density at radius 3 is 2.81 bits per heavy atom. The van der Waals surface area contributed by atoms with E-state index in [9.17, 15) is 9.59 Å². The first-order valence-electron chi connectivity index (χ1n) is 9.25. The molecule has 0 saturated carbocycles. The van der Waals surface area contributed by atoms with Gasteiger partial charge in [0.2, 0.25) is 11.8 Å². The van der Waals surface area contributed by atoms with Gasteiger partial charge < -0.3 is 15.2 Å². The number of rotatable bonds is 4. The summed E-state index contributed by atoms with van der Waals surface area (Å²) in [6, 6.07) is 13.4. The quantitative estimate of drug-likeness (QED) is 0.740. The number of amides is 2. The smallest absolute Gasteiger partial charge is 0.247 e. The standard InChI is InChI=1S/C22H23N3O2/c1-14-7-8-17(11-15(14)2)24-22(27)20-9-10-21(26)25(20)13-16-12-23-19-6-4-3-5-18(16)19/h3-8,11-12,20,23H,9-10,13H2,1-2H3,(H,24,27). The van der Waals surface area contributed by atoms with Gasteiger partial charge in [0, 0.05) is 35.8 Å². The van der Waals surface area contributed by atoms with E-state index in [0.717, 1.165) is 27.7 Å². The first-order chi connectivity index (χ1) is 13.0. The number of aromatic amines is 1. The third kappa shape index (κ3) is 3.33. The minimum atomic E-state index is -0.437. The van der Waals surface area contributed by atoms with E-state index >= 15 is 0 Å². The fourth-order valence-electron chi connectivity index (χ4n) is 3.70. The highest BCUT2D eigenvalue weighted by atomic mass is 16.2. The molecule has 138 valence electrons. The maximum atomic E-state index is 12.8. The number of anilines is 1. The van der Waals surface area contributed by atoms with Crippen LogP contribution in [0.4, 0.5) is 5.69 Å². The Balaban J connectivity index is 1.53. The molecule has 1 aliphatic rings. The van der Waals surface area contributed by atoms with E-state index in [1.165, 1.54) is 5.56 Å². The first kappa shape index (κ1) is 17.3. The van der Waals surface area contributed by atoms with Crippen molar-refractivity contribution in [3.8, 4) is 0 Å². The van der Waals surface area contributed by atoms with Gasteiger partial charge in [0.15, 0.2) is 0 Å². The highest BCUT2D eigenvalue weighted by Gasteiger charge is 2.36. The molecule has 1 aromatic heterocycles. The topological polar surface area (TPSA) is 65.2 Å². The van der Waals surface area contributed by atoms with Gasteiger partial charge in [-0.05, 0) is 55.2 Å². The molecule has 3 aromatic rings. The third-order valence-electron chi connectivity index (χ3n) is 5.42. The molecule has 1 unspecified atom stereocenters. The number of aromatic nitrogens is 1. The molecule has 5 heteroatoms. The Morgan fingerprint density at radius 1 is 1.19 bits per heavy atom. The number of nitrogens with one attached hydrogen (secondary N) is 2. The fraction of sp³-hybridized carbons (Fsp3) is 0.273. The second kappa shape index (κ2) is 6.91. The van der Waals surface area contributed by atoms with Crippen LogP contribution in [0.25, 0.3) is 10.9 Å². The Morgan fingerprint density at radius 2 is 2.00 bits per heavy atom. The van der Waals surface area contributed by atoms with E-state index in [1.54, 1.807) is 4.90 Å². The molecule has 0 radical (unpaired) electrons. The normalized spacial score (nSPS) is 16.9. The SMILES string of the molecule is Cc1ccc(NC(=O)C2CCC(=O)N2Cc2c[nH]c3ccccc23)cc1C. The second-order valence-corrected chi connectivity index (χ2v) is 7.22. The van der Waals surface area contributed by atoms with Crippen molar-refractivity contribution < 1.29 is 9.59 Å². The zero-order valence-corrected chi connectivity index (χ0v) is 15.6. The summed E-state index contributed by atoms with van der Waals surface area (Å²) >= 11 is 0. The maximum absolute atomic E-state index is 12.8. The zero-order valence-electron chi connectivity index (χ0n) is 15.6. The van der Waals surface area contributed by atoms with Crippen molar-refractivity contribution in [2.75, 3.05) is 5.32 Å². The highest BCUT2D eigenvalue weighted by Crippen LogP contribution is 2.26. The lowest BCUT2D eigenvalue weighted by Crippen LogP contribution is -2.41. The molecule has 1 saturated heterocycles. The number of H-pyrrole nitrogens is 1. The number of nitrogens with zero attached hydrogens (tertiary/aromatic N) is 1. The van der Waals surface area contributed by atoms with Crippen LogP contribution in [0.5, 0.6) is 0 Å². The van der Waals surface area contributed by atoms with Gasteiger partial charge in [-0.15, -0.1) is 0 Å². The number of benzene rings is 2. The summed E-state index contributed by atoms with van der Waals surface area (Å²) in [5.41, 5.74) is 5.16. The summed E-state index contributed by atoms with van der Waals surface area (Å²) in [4.78, 5) is 30.2. The van der Waals surface area contributed by atoms with Crippen molar-refractivity contribution in [1.82, 2.24) is 9.88 Å².